The molecule has 1 aliphatic rings. The zero-order valence-electron chi connectivity index (χ0n) is 14.7. The maximum absolute atomic E-state index is 12.7. The lowest BCUT2D eigenvalue weighted by molar-refractivity contribution is -0.123. The second-order valence-corrected chi connectivity index (χ2v) is 6.76. The number of nitrogens with zero attached hydrogens (tertiary/aromatic N) is 2. The number of rotatable bonds is 3. The molecule has 4 rings (SSSR count). The van der Waals surface area contributed by atoms with Gasteiger partial charge in [-0.15, -0.1) is 0 Å². The summed E-state index contributed by atoms with van der Waals surface area (Å²) in [4.78, 5) is 28.0. The molecule has 0 spiro atoms. The van der Waals surface area contributed by atoms with Crippen molar-refractivity contribution in [3.05, 3.63) is 53.5 Å². The first kappa shape index (κ1) is 16.4. The minimum Gasteiger partial charge on any atom is -0.361 e. The van der Waals surface area contributed by atoms with Crippen LogP contribution in [-0.2, 0) is 11.8 Å². The third-order valence-corrected chi connectivity index (χ3v) is 4.93. The summed E-state index contributed by atoms with van der Waals surface area (Å²) in [5, 5.41) is 11.4. The van der Waals surface area contributed by atoms with Crippen LogP contribution in [0.25, 0.3) is 10.9 Å². The quantitative estimate of drug-likeness (QED) is 0.673. The first-order valence-electron chi connectivity index (χ1n) is 8.69. The number of amides is 2. The van der Waals surface area contributed by atoms with Crippen molar-refractivity contribution in [3.8, 4) is 0 Å². The molecule has 1 saturated heterocycles. The van der Waals surface area contributed by atoms with Gasteiger partial charge in [-0.05, 0) is 19.4 Å². The number of fused-ring (bicyclic) bond motifs is 1. The van der Waals surface area contributed by atoms with Gasteiger partial charge >= 0.3 is 0 Å². The summed E-state index contributed by atoms with van der Waals surface area (Å²) in [6.07, 6.45) is 4.62. The summed E-state index contributed by atoms with van der Waals surface area (Å²) in [5.41, 5.74) is 3.24. The molecule has 1 aliphatic heterocycles. The van der Waals surface area contributed by atoms with Crippen molar-refractivity contribution in [2.45, 2.75) is 31.8 Å². The van der Waals surface area contributed by atoms with E-state index >= 15 is 0 Å². The van der Waals surface area contributed by atoms with Crippen LogP contribution in [0.15, 0.2) is 36.7 Å². The molecule has 134 valence electrons. The Bertz CT molecular complexity index is 987. The predicted octanol–water partition coefficient (Wildman–Crippen LogP) is 1.96. The Morgan fingerprint density at radius 3 is 2.92 bits per heavy atom. The first-order chi connectivity index (χ1) is 12.5. The van der Waals surface area contributed by atoms with Crippen LogP contribution in [-0.4, -0.2) is 32.6 Å². The zero-order chi connectivity index (χ0) is 18.3. The molecule has 2 amide bonds. The van der Waals surface area contributed by atoms with Crippen LogP contribution < -0.4 is 10.6 Å². The fourth-order valence-corrected chi connectivity index (χ4v) is 3.67. The molecular formula is C19H21N5O2. The second-order valence-electron chi connectivity index (χ2n) is 6.76. The van der Waals surface area contributed by atoms with Gasteiger partial charge in [0, 0.05) is 42.3 Å². The van der Waals surface area contributed by atoms with Crippen molar-refractivity contribution < 1.29 is 9.59 Å². The molecule has 0 aliphatic carbocycles. The molecule has 3 heterocycles. The summed E-state index contributed by atoms with van der Waals surface area (Å²) >= 11 is 0. The number of H-pyrrole nitrogens is 1. The van der Waals surface area contributed by atoms with Gasteiger partial charge in [-0.1, -0.05) is 18.2 Å². The number of benzene rings is 1. The van der Waals surface area contributed by atoms with Crippen molar-refractivity contribution >= 4 is 22.7 Å². The topological polar surface area (TPSA) is 91.8 Å². The molecule has 7 heteroatoms. The molecule has 3 N–H and O–H groups in total. The van der Waals surface area contributed by atoms with Crippen LogP contribution in [0.3, 0.4) is 0 Å². The van der Waals surface area contributed by atoms with Crippen LogP contribution in [0.5, 0.6) is 0 Å². The standard InChI is InChI=1S/C19H21N5O2/c1-11-14(10-24(2)23-11)19(26)21-16-7-8-17(25)22-18(16)13-9-20-15-6-4-3-5-12(13)15/h3-6,9-10,16,18,20H,7-8H2,1-2H3,(H,21,26)(H,22,25)/t16-,18+/m1/s1. The molecule has 2 atom stereocenters. The Balaban J connectivity index is 1.64. The average Bonchev–Trinajstić information content (AvgIpc) is 3.19. The number of nitrogens with one attached hydrogen (secondary N) is 3. The van der Waals surface area contributed by atoms with Crippen LogP contribution in [0.4, 0.5) is 0 Å². The third-order valence-electron chi connectivity index (χ3n) is 4.93. The van der Waals surface area contributed by atoms with Crippen molar-refractivity contribution in [1.82, 2.24) is 25.4 Å². The minimum atomic E-state index is -0.270. The van der Waals surface area contributed by atoms with E-state index in [1.807, 2.05) is 37.4 Å². The van der Waals surface area contributed by atoms with Crippen molar-refractivity contribution in [2.75, 3.05) is 0 Å². The van der Waals surface area contributed by atoms with Gasteiger partial charge in [0.1, 0.15) is 0 Å². The molecular weight excluding hydrogens is 330 g/mol. The highest BCUT2D eigenvalue weighted by atomic mass is 16.2. The molecule has 26 heavy (non-hydrogen) atoms. The molecule has 0 bridgehead atoms. The van der Waals surface area contributed by atoms with E-state index < -0.39 is 0 Å². The van der Waals surface area contributed by atoms with Gasteiger partial charge < -0.3 is 15.6 Å². The summed E-state index contributed by atoms with van der Waals surface area (Å²) in [6, 6.07) is 7.50. The van der Waals surface area contributed by atoms with E-state index in [4.69, 9.17) is 0 Å². The number of carbonyl (C=O) groups excluding carboxylic acids is 2. The summed E-state index contributed by atoms with van der Waals surface area (Å²) in [5.74, 6) is -0.162. The van der Waals surface area contributed by atoms with Gasteiger partial charge in [-0.3, -0.25) is 14.3 Å². The Kier molecular flexibility index (Phi) is 3.99. The van der Waals surface area contributed by atoms with Crippen LogP contribution in [0.2, 0.25) is 0 Å². The van der Waals surface area contributed by atoms with Gasteiger partial charge in [0.25, 0.3) is 5.91 Å². The SMILES string of the molecule is Cc1nn(C)cc1C(=O)N[C@@H]1CCC(=O)N[C@H]1c1c[nH]c2ccccc12. The van der Waals surface area contributed by atoms with E-state index in [9.17, 15) is 9.59 Å². The third kappa shape index (κ3) is 2.85. The molecule has 3 aromatic rings. The summed E-state index contributed by atoms with van der Waals surface area (Å²) < 4.78 is 1.63. The van der Waals surface area contributed by atoms with Gasteiger partial charge in [0.2, 0.25) is 5.91 Å². The maximum Gasteiger partial charge on any atom is 0.255 e. The van der Waals surface area contributed by atoms with E-state index in [0.717, 1.165) is 16.5 Å². The maximum atomic E-state index is 12.7. The van der Waals surface area contributed by atoms with Gasteiger partial charge in [-0.25, -0.2) is 0 Å². The van der Waals surface area contributed by atoms with E-state index in [2.05, 4.69) is 20.7 Å². The normalized spacial score (nSPS) is 20.2. The highest BCUT2D eigenvalue weighted by molar-refractivity contribution is 5.95. The van der Waals surface area contributed by atoms with E-state index in [0.29, 0.717) is 24.1 Å². The van der Waals surface area contributed by atoms with Crippen LogP contribution in [0, 0.1) is 6.92 Å². The Morgan fingerprint density at radius 1 is 1.35 bits per heavy atom. The van der Waals surface area contributed by atoms with Crippen LogP contribution >= 0.6 is 0 Å². The lowest BCUT2D eigenvalue weighted by atomic mass is 9.91. The molecule has 0 radical (unpaired) electrons. The van der Waals surface area contributed by atoms with E-state index in [1.165, 1.54) is 0 Å². The lowest BCUT2D eigenvalue weighted by Crippen LogP contribution is -2.50. The zero-order valence-corrected chi connectivity index (χ0v) is 14.7. The van der Waals surface area contributed by atoms with Crippen molar-refractivity contribution in [1.29, 1.82) is 0 Å². The average molecular weight is 351 g/mol. The Hall–Kier alpha value is -3.09. The highest BCUT2D eigenvalue weighted by Gasteiger charge is 2.33. The monoisotopic (exact) mass is 351 g/mol. The van der Waals surface area contributed by atoms with Crippen LogP contribution in [0.1, 0.15) is 40.5 Å². The van der Waals surface area contributed by atoms with E-state index in [-0.39, 0.29) is 23.9 Å². The Morgan fingerprint density at radius 2 is 2.15 bits per heavy atom. The van der Waals surface area contributed by atoms with Crippen molar-refractivity contribution in [3.63, 3.8) is 0 Å². The largest absolute Gasteiger partial charge is 0.361 e. The van der Waals surface area contributed by atoms with Gasteiger partial charge in [0.05, 0.1) is 23.3 Å². The second kappa shape index (κ2) is 6.33. The minimum absolute atomic E-state index is 0.00309. The number of carbonyl (C=O) groups is 2. The first-order valence-corrected chi connectivity index (χ1v) is 8.69. The number of hydrogen-bond donors (Lipinski definition) is 3. The fraction of sp³-hybridized carbons (Fsp3) is 0.316. The van der Waals surface area contributed by atoms with Gasteiger partial charge in [-0.2, -0.15) is 5.10 Å². The molecule has 2 aromatic heterocycles. The molecule has 1 fully saturated rings. The lowest BCUT2D eigenvalue weighted by Gasteiger charge is -2.32. The fourth-order valence-electron chi connectivity index (χ4n) is 3.67. The summed E-state index contributed by atoms with van der Waals surface area (Å²) in [7, 11) is 1.79. The number of para-hydroxylation sites is 1. The number of hydrogen-bond acceptors (Lipinski definition) is 3. The number of aryl methyl sites for hydroxylation is 2. The number of piperidine rings is 1. The summed E-state index contributed by atoms with van der Waals surface area (Å²) in [6.45, 7) is 1.81. The molecule has 0 unspecified atom stereocenters. The number of aromatic amines is 1. The van der Waals surface area contributed by atoms with Gasteiger partial charge in [0.15, 0.2) is 0 Å². The highest BCUT2D eigenvalue weighted by Crippen LogP contribution is 2.30. The van der Waals surface area contributed by atoms with E-state index in [1.54, 1.807) is 17.9 Å². The molecule has 0 saturated carbocycles. The Labute approximate surface area is 150 Å². The van der Waals surface area contributed by atoms with Crippen molar-refractivity contribution in [2.24, 2.45) is 7.05 Å². The smallest absolute Gasteiger partial charge is 0.255 e. The predicted molar refractivity (Wildman–Crippen MR) is 97.6 cm³/mol. The number of aromatic nitrogens is 3. The molecule has 7 nitrogen and oxygen atoms in total. The molecule has 1 aromatic carbocycles.